The average Bonchev–Trinajstić information content (AvgIpc) is 3.21. The zero-order valence-corrected chi connectivity index (χ0v) is 15.9. The summed E-state index contributed by atoms with van der Waals surface area (Å²) in [5, 5.41) is 7.90. The summed E-state index contributed by atoms with van der Waals surface area (Å²) in [6, 6.07) is 2.96. The van der Waals surface area contributed by atoms with Crippen molar-refractivity contribution in [3.8, 4) is 0 Å². The molecule has 0 unspecified atom stereocenters. The third kappa shape index (κ3) is 3.69. The van der Waals surface area contributed by atoms with Crippen molar-refractivity contribution in [2.75, 3.05) is 12.3 Å². The fourth-order valence-electron chi connectivity index (χ4n) is 3.60. The summed E-state index contributed by atoms with van der Waals surface area (Å²) >= 11 is 1.50. The van der Waals surface area contributed by atoms with E-state index in [-0.39, 0.29) is 29.5 Å². The van der Waals surface area contributed by atoms with Gasteiger partial charge in [-0.1, -0.05) is 11.8 Å². The van der Waals surface area contributed by atoms with Gasteiger partial charge in [0.05, 0.1) is 18.3 Å². The Kier molecular flexibility index (Phi) is 4.86. The van der Waals surface area contributed by atoms with E-state index in [0.29, 0.717) is 29.7 Å². The Bertz CT molecular complexity index is 1010. The Morgan fingerprint density at radius 1 is 1.30 bits per heavy atom. The second-order valence-corrected chi connectivity index (χ2v) is 7.93. The molecule has 0 aromatic carbocycles. The second-order valence-electron chi connectivity index (χ2n) is 6.94. The van der Waals surface area contributed by atoms with Crippen molar-refractivity contribution < 1.29 is 4.79 Å². The van der Waals surface area contributed by atoms with Gasteiger partial charge in [0.1, 0.15) is 0 Å². The summed E-state index contributed by atoms with van der Waals surface area (Å²) in [5.74, 6) is 0.514. The minimum Gasteiger partial charge on any atom is -0.354 e. The maximum Gasteiger partial charge on any atom is 0.267 e. The topological polar surface area (TPSA) is 98.9 Å². The highest BCUT2D eigenvalue weighted by Crippen LogP contribution is 2.31. The van der Waals surface area contributed by atoms with Gasteiger partial charge in [0.25, 0.3) is 11.1 Å². The maximum absolute atomic E-state index is 12.3. The average molecular weight is 387 g/mol. The molecule has 0 saturated heterocycles. The first kappa shape index (κ1) is 18.0. The molecule has 0 radical (unpaired) electrons. The van der Waals surface area contributed by atoms with E-state index in [2.05, 4.69) is 15.4 Å². The molecule has 8 nitrogen and oxygen atoms in total. The number of rotatable bonds is 5. The molecule has 3 heterocycles. The third-order valence-corrected chi connectivity index (χ3v) is 6.01. The number of hydrogen-bond donors (Lipinski definition) is 1. The molecule has 1 atom stereocenters. The van der Waals surface area contributed by atoms with E-state index in [1.54, 1.807) is 17.6 Å². The number of hydrogen-bond acceptors (Lipinski definition) is 6. The van der Waals surface area contributed by atoms with Crippen LogP contribution in [0.2, 0.25) is 0 Å². The van der Waals surface area contributed by atoms with Crippen LogP contribution in [0.5, 0.6) is 0 Å². The molecule has 1 aliphatic carbocycles. The van der Waals surface area contributed by atoms with E-state index in [1.165, 1.54) is 22.5 Å². The summed E-state index contributed by atoms with van der Waals surface area (Å²) in [6.45, 7) is 2.46. The van der Waals surface area contributed by atoms with Crippen molar-refractivity contribution in [1.82, 2.24) is 24.6 Å². The molecule has 1 aliphatic heterocycles. The number of nitrogens with zero attached hydrogens (tertiary/aromatic N) is 4. The highest BCUT2D eigenvalue weighted by Gasteiger charge is 2.27. The molecular weight excluding hydrogens is 366 g/mol. The first-order valence-electron chi connectivity index (χ1n) is 9.11. The lowest BCUT2D eigenvalue weighted by Gasteiger charge is -2.13. The molecule has 2 aliphatic rings. The molecular formula is C18H21N5O3S. The van der Waals surface area contributed by atoms with Crippen LogP contribution >= 0.6 is 11.8 Å². The number of fused-ring (bicyclic) bond motifs is 2. The zero-order valence-electron chi connectivity index (χ0n) is 15.1. The largest absolute Gasteiger partial charge is 0.354 e. The molecule has 1 amide bonds. The van der Waals surface area contributed by atoms with Gasteiger partial charge in [0.2, 0.25) is 5.91 Å². The molecule has 2 aromatic rings. The summed E-state index contributed by atoms with van der Waals surface area (Å²) in [4.78, 5) is 40.9. The molecule has 142 valence electrons. The van der Waals surface area contributed by atoms with Crippen LogP contribution in [0.4, 0.5) is 0 Å². The quantitative estimate of drug-likeness (QED) is 0.748. The minimum atomic E-state index is -0.188. The van der Waals surface area contributed by atoms with Crippen LogP contribution in [0.1, 0.15) is 35.8 Å². The predicted octanol–water partition coefficient (Wildman–Crippen LogP) is 0.450. The predicted molar refractivity (Wildman–Crippen MR) is 101 cm³/mol. The van der Waals surface area contributed by atoms with E-state index in [9.17, 15) is 14.4 Å². The van der Waals surface area contributed by atoms with Crippen LogP contribution in [0, 0.1) is 6.92 Å². The Balaban J connectivity index is 1.34. The molecule has 2 aromatic heterocycles. The molecule has 9 heteroatoms. The van der Waals surface area contributed by atoms with Crippen LogP contribution in [-0.2, 0) is 24.2 Å². The van der Waals surface area contributed by atoms with Gasteiger partial charge in [-0.05, 0) is 31.7 Å². The Morgan fingerprint density at radius 3 is 3.00 bits per heavy atom. The van der Waals surface area contributed by atoms with E-state index in [1.807, 2.05) is 0 Å². The number of nitrogens with one attached hydrogen (secondary N) is 1. The number of amides is 1. The Morgan fingerprint density at radius 2 is 2.15 bits per heavy atom. The van der Waals surface area contributed by atoms with Crippen molar-refractivity contribution in [3.05, 3.63) is 49.8 Å². The summed E-state index contributed by atoms with van der Waals surface area (Å²) in [7, 11) is 0. The lowest BCUT2D eigenvalue weighted by Crippen LogP contribution is -2.34. The Labute approximate surface area is 160 Å². The van der Waals surface area contributed by atoms with Crippen LogP contribution < -0.4 is 16.4 Å². The lowest BCUT2D eigenvalue weighted by molar-refractivity contribution is -0.121. The smallest absolute Gasteiger partial charge is 0.267 e. The van der Waals surface area contributed by atoms with Crippen molar-refractivity contribution in [2.24, 2.45) is 0 Å². The van der Waals surface area contributed by atoms with Crippen molar-refractivity contribution in [2.45, 2.75) is 50.4 Å². The highest BCUT2D eigenvalue weighted by molar-refractivity contribution is 7.99. The standard InChI is InChI=1S/C18H21N5O3S/c1-11-7-17(26)23-13(10-27-18(23)20-11)9-15(24)19-5-6-22-16(25)8-12-3-2-4-14(12)21-22/h7-8,13H,2-6,9-10H2,1H3,(H,19,24)/t13-/m1/s1. The fourth-order valence-corrected chi connectivity index (χ4v) is 4.79. The second kappa shape index (κ2) is 7.30. The number of aromatic nitrogens is 4. The van der Waals surface area contributed by atoms with Crippen molar-refractivity contribution in [1.29, 1.82) is 0 Å². The Hall–Kier alpha value is -2.42. The van der Waals surface area contributed by atoms with E-state index >= 15 is 0 Å². The highest BCUT2D eigenvalue weighted by atomic mass is 32.2. The summed E-state index contributed by atoms with van der Waals surface area (Å²) in [5.41, 5.74) is 2.49. The summed E-state index contributed by atoms with van der Waals surface area (Å²) in [6.07, 6.45) is 3.08. The number of aryl methyl sites for hydroxylation is 3. The van der Waals surface area contributed by atoms with Crippen LogP contribution in [0.15, 0.2) is 26.9 Å². The van der Waals surface area contributed by atoms with Gasteiger partial charge in [-0.25, -0.2) is 9.67 Å². The number of carbonyl (C=O) groups is 1. The zero-order chi connectivity index (χ0) is 19.0. The van der Waals surface area contributed by atoms with Gasteiger partial charge < -0.3 is 5.32 Å². The van der Waals surface area contributed by atoms with E-state index in [0.717, 1.165) is 30.5 Å². The first-order chi connectivity index (χ1) is 13.0. The number of thioether (sulfide) groups is 1. The molecule has 1 N–H and O–H groups in total. The van der Waals surface area contributed by atoms with E-state index < -0.39 is 0 Å². The molecule has 0 spiro atoms. The van der Waals surface area contributed by atoms with E-state index in [4.69, 9.17) is 0 Å². The molecule has 27 heavy (non-hydrogen) atoms. The normalized spacial score (nSPS) is 17.6. The van der Waals surface area contributed by atoms with Gasteiger partial charge in [-0.2, -0.15) is 5.10 Å². The number of carbonyl (C=O) groups excluding carboxylic acids is 1. The molecule has 0 fully saturated rings. The maximum atomic E-state index is 12.3. The first-order valence-corrected chi connectivity index (χ1v) is 10.1. The molecule has 4 rings (SSSR count). The van der Waals surface area contributed by atoms with Crippen molar-refractivity contribution in [3.63, 3.8) is 0 Å². The monoisotopic (exact) mass is 387 g/mol. The van der Waals surface area contributed by atoms with Crippen LogP contribution in [0.3, 0.4) is 0 Å². The van der Waals surface area contributed by atoms with Gasteiger partial charge in [0, 0.05) is 36.5 Å². The summed E-state index contributed by atoms with van der Waals surface area (Å²) < 4.78 is 3.02. The lowest BCUT2D eigenvalue weighted by atomic mass is 10.2. The van der Waals surface area contributed by atoms with Gasteiger partial charge >= 0.3 is 0 Å². The molecule has 0 saturated carbocycles. The van der Waals surface area contributed by atoms with Crippen molar-refractivity contribution >= 4 is 17.7 Å². The van der Waals surface area contributed by atoms with Gasteiger partial charge in [0.15, 0.2) is 5.16 Å². The minimum absolute atomic E-state index is 0.116. The fraction of sp³-hybridized carbons (Fsp3) is 0.500. The molecule has 0 bridgehead atoms. The van der Waals surface area contributed by atoms with Crippen LogP contribution in [0.25, 0.3) is 0 Å². The van der Waals surface area contributed by atoms with Gasteiger partial charge in [-0.15, -0.1) is 0 Å². The third-order valence-electron chi connectivity index (χ3n) is 4.91. The SMILES string of the molecule is Cc1cc(=O)n2c(n1)SC[C@H]2CC(=O)NCCn1nc2c(cc1=O)CCC2. The van der Waals surface area contributed by atoms with Crippen LogP contribution in [-0.4, -0.2) is 37.5 Å². The van der Waals surface area contributed by atoms with Gasteiger partial charge in [-0.3, -0.25) is 19.0 Å².